The second-order valence-corrected chi connectivity index (χ2v) is 4.46. The SMILES string of the molecule is NC(=S)NN=Cc1cccc(C(F)(F)F)c1I. The summed E-state index contributed by atoms with van der Waals surface area (Å²) in [7, 11) is 0. The summed E-state index contributed by atoms with van der Waals surface area (Å²) in [6.45, 7) is 0. The molecule has 3 nitrogen and oxygen atoms in total. The van der Waals surface area contributed by atoms with Crippen molar-refractivity contribution in [1.82, 2.24) is 5.43 Å². The standard InChI is InChI=1S/C9H7F3IN3S/c10-9(11,12)6-3-1-2-5(7(6)13)4-15-16-8(14)17/h1-4H,(H3,14,16,17). The maximum Gasteiger partial charge on any atom is 0.417 e. The van der Waals surface area contributed by atoms with Gasteiger partial charge in [-0.25, -0.2) is 0 Å². The van der Waals surface area contributed by atoms with Gasteiger partial charge in [-0.05, 0) is 40.9 Å². The van der Waals surface area contributed by atoms with Crippen LogP contribution in [0.2, 0.25) is 0 Å². The van der Waals surface area contributed by atoms with Crippen molar-refractivity contribution in [3.63, 3.8) is 0 Å². The predicted molar refractivity (Wildman–Crippen MR) is 71.7 cm³/mol. The van der Waals surface area contributed by atoms with Gasteiger partial charge in [0.25, 0.3) is 0 Å². The minimum absolute atomic E-state index is 0.0526. The van der Waals surface area contributed by atoms with Gasteiger partial charge >= 0.3 is 6.18 Å². The van der Waals surface area contributed by atoms with Gasteiger partial charge < -0.3 is 5.73 Å². The van der Waals surface area contributed by atoms with Crippen LogP contribution in [0.5, 0.6) is 0 Å². The Morgan fingerprint density at radius 1 is 1.47 bits per heavy atom. The third-order valence-corrected chi connectivity index (χ3v) is 3.01. The fraction of sp³-hybridized carbons (Fsp3) is 0.111. The molecule has 0 amide bonds. The number of nitrogens with zero attached hydrogens (tertiary/aromatic N) is 1. The first kappa shape index (κ1) is 14.2. The van der Waals surface area contributed by atoms with E-state index in [0.29, 0.717) is 5.56 Å². The Labute approximate surface area is 114 Å². The highest BCUT2D eigenvalue weighted by atomic mass is 127. The molecule has 0 atom stereocenters. The van der Waals surface area contributed by atoms with Crippen LogP contribution < -0.4 is 11.2 Å². The Morgan fingerprint density at radius 3 is 2.65 bits per heavy atom. The molecule has 17 heavy (non-hydrogen) atoms. The molecule has 1 rings (SSSR count). The van der Waals surface area contributed by atoms with Crippen molar-refractivity contribution >= 4 is 46.1 Å². The number of thiocarbonyl (C=S) groups is 1. The molecule has 0 aliphatic carbocycles. The first-order valence-electron chi connectivity index (χ1n) is 4.26. The topological polar surface area (TPSA) is 50.4 Å². The van der Waals surface area contributed by atoms with Crippen molar-refractivity contribution in [2.75, 3.05) is 0 Å². The molecule has 92 valence electrons. The lowest BCUT2D eigenvalue weighted by atomic mass is 10.1. The van der Waals surface area contributed by atoms with Gasteiger partial charge in [-0.3, -0.25) is 5.43 Å². The molecule has 0 aliphatic rings. The van der Waals surface area contributed by atoms with Crippen molar-refractivity contribution in [3.05, 3.63) is 32.9 Å². The van der Waals surface area contributed by atoms with E-state index in [0.717, 1.165) is 6.07 Å². The van der Waals surface area contributed by atoms with Crippen LogP contribution >= 0.6 is 34.8 Å². The van der Waals surface area contributed by atoms with E-state index in [1.807, 2.05) is 0 Å². The Balaban J connectivity index is 3.03. The molecule has 0 spiro atoms. The Kier molecular flexibility index (Phi) is 4.69. The average Bonchev–Trinajstić information content (AvgIpc) is 2.18. The number of rotatable bonds is 2. The first-order valence-corrected chi connectivity index (χ1v) is 5.75. The summed E-state index contributed by atoms with van der Waals surface area (Å²) in [5, 5.41) is 3.56. The van der Waals surface area contributed by atoms with Crippen molar-refractivity contribution < 1.29 is 13.2 Å². The van der Waals surface area contributed by atoms with Crippen LogP contribution in [-0.2, 0) is 6.18 Å². The van der Waals surface area contributed by atoms with E-state index in [1.165, 1.54) is 18.3 Å². The number of benzene rings is 1. The minimum Gasteiger partial charge on any atom is -0.375 e. The molecule has 3 N–H and O–H groups in total. The third kappa shape index (κ3) is 4.11. The lowest BCUT2D eigenvalue weighted by Crippen LogP contribution is -2.24. The lowest BCUT2D eigenvalue weighted by molar-refractivity contribution is -0.138. The molecule has 8 heteroatoms. The van der Waals surface area contributed by atoms with Gasteiger partial charge in [-0.15, -0.1) is 0 Å². The van der Waals surface area contributed by atoms with E-state index in [9.17, 15) is 13.2 Å². The summed E-state index contributed by atoms with van der Waals surface area (Å²) < 4.78 is 37.8. The van der Waals surface area contributed by atoms with Gasteiger partial charge in [0.05, 0.1) is 11.8 Å². The quantitative estimate of drug-likeness (QED) is 0.363. The monoisotopic (exact) mass is 373 g/mol. The van der Waals surface area contributed by atoms with Gasteiger partial charge in [0.1, 0.15) is 0 Å². The molecule has 1 aromatic carbocycles. The molecular formula is C9H7F3IN3S. The van der Waals surface area contributed by atoms with Crippen LogP contribution in [0.4, 0.5) is 13.2 Å². The first-order chi connectivity index (χ1) is 7.82. The molecule has 0 heterocycles. The van der Waals surface area contributed by atoms with E-state index >= 15 is 0 Å². The molecule has 0 aromatic heterocycles. The summed E-state index contributed by atoms with van der Waals surface area (Å²) in [4.78, 5) is 0. The van der Waals surface area contributed by atoms with Crippen LogP contribution in [0.1, 0.15) is 11.1 Å². The molecule has 0 bridgehead atoms. The highest BCUT2D eigenvalue weighted by Gasteiger charge is 2.33. The predicted octanol–water partition coefficient (Wildman–Crippen LogP) is 2.48. The van der Waals surface area contributed by atoms with Gasteiger partial charge in [0.15, 0.2) is 5.11 Å². The van der Waals surface area contributed by atoms with E-state index in [-0.39, 0.29) is 8.68 Å². The maximum atomic E-state index is 12.6. The van der Waals surface area contributed by atoms with E-state index in [1.54, 1.807) is 22.6 Å². The summed E-state index contributed by atoms with van der Waals surface area (Å²) in [6.07, 6.45) is -3.15. The summed E-state index contributed by atoms with van der Waals surface area (Å²) in [5.41, 5.74) is 7.03. The molecule has 0 saturated carbocycles. The maximum absolute atomic E-state index is 12.6. The molecular weight excluding hydrogens is 366 g/mol. The summed E-state index contributed by atoms with van der Waals surface area (Å²) in [5.74, 6) is 0. The van der Waals surface area contributed by atoms with Gasteiger partial charge in [0, 0.05) is 9.13 Å². The van der Waals surface area contributed by atoms with Crippen LogP contribution in [0.15, 0.2) is 23.3 Å². The molecule has 0 radical (unpaired) electrons. The van der Waals surface area contributed by atoms with Crippen LogP contribution in [-0.4, -0.2) is 11.3 Å². The second-order valence-electron chi connectivity index (χ2n) is 2.94. The van der Waals surface area contributed by atoms with Crippen LogP contribution in [0, 0.1) is 3.57 Å². The zero-order valence-electron chi connectivity index (χ0n) is 8.25. The normalized spacial score (nSPS) is 11.8. The zero-order chi connectivity index (χ0) is 13.1. The van der Waals surface area contributed by atoms with Crippen LogP contribution in [0.3, 0.4) is 0 Å². The largest absolute Gasteiger partial charge is 0.417 e. The van der Waals surface area contributed by atoms with E-state index in [2.05, 4.69) is 22.7 Å². The average molecular weight is 373 g/mol. The van der Waals surface area contributed by atoms with Crippen molar-refractivity contribution in [2.45, 2.75) is 6.18 Å². The Bertz CT molecular complexity index is 459. The van der Waals surface area contributed by atoms with E-state index in [4.69, 9.17) is 5.73 Å². The second kappa shape index (κ2) is 5.63. The van der Waals surface area contributed by atoms with Gasteiger partial charge in [-0.2, -0.15) is 18.3 Å². The number of hydrazone groups is 1. The molecule has 1 aromatic rings. The highest BCUT2D eigenvalue weighted by Crippen LogP contribution is 2.33. The number of alkyl halides is 3. The van der Waals surface area contributed by atoms with Crippen molar-refractivity contribution in [1.29, 1.82) is 0 Å². The fourth-order valence-electron chi connectivity index (χ4n) is 1.03. The lowest BCUT2D eigenvalue weighted by Gasteiger charge is -2.10. The van der Waals surface area contributed by atoms with Crippen LogP contribution in [0.25, 0.3) is 0 Å². The highest BCUT2D eigenvalue weighted by molar-refractivity contribution is 14.1. The molecule has 0 unspecified atom stereocenters. The molecule has 0 saturated heterocycles. The fourth-order valence-corrected chi connectivity index (χ4v) is 1.89. The third-order valence-electron chi connectivity index (χ3n) is 1.71. The number of halogens is 4. The summed E-state index contributed by atoms with van der Waals surface area (Å²) >= 11 is 6.12. The zero-order valence-corrected chi connectivity index (χ0v) is 11.2. The van der Waals surface area contributed by atoms with Gasteiger partial charge in [-0.1, -0.05) is 12.1 Å². The Morgan fingerprint density at radius 2 is 2.12 bits per heavy atom. The van der Waals surface area contributed by atoms with Gasteiger partial charge in [0.2, 0.25) is 0 Å². The number of hydrogen-bond acceptors (Lipinski definition) is 2. The minimum atomic E-state index is -4.38. The van der Waals surface area contributed by atoms with E-state index < -0.39 is 11.7 Å². The number of hydrogen-bond donors (Lipinski definition) is 2. The number of nitrogens with two attached hydrogens (primary N) is 1. The molecule has 0 aliphatic heterocycles. The summed E-state index contributed by atoms with van der Waals surface area (Å²) in [6, 6.07) is 3.84. The number of nitrogens with one attached hydrogen (secondary N) is 1. The van der Waals surface area contributed by atoms with Crippen molar-refractivity contribution in [3.8, 4) is 0 Å². The Hall–Kier alpha value is -0.900. The smallest absolute Gasteiger partial charge is 0.375 e. The molecule has 0 fully saturated rings. The van der Waals surface area contributed by atoms with Crippen molar-refractivity contribution in [2.24, 2.45) is 10.8 Å².